The van der Waals surface area contributed by atoms with Crippen LogP contribution in [0.1, 0.15) is 21.7 Å². The summed E-state index contributed by atoms with van der Waals surface area (Å²) in [5.41, 5.74) is 2.70. The van der Waals surface area contributed by atoms with E-state index in [2.05, 4.69) is 26.6 Å². The van der Waals surface area contributed by atoms with Crippen LogP contribution in [0, 0.1) is 0 Å². The van der Waals surface area contributed by atoms with E-state index in [-0.39, 0.29) is 11.5 Å². The van der Waals surface area contributed by atoms with Crippen LogP contribution in [-0.2, 0) is 6.54 Å². The number of benzene rings is 2. The summed E-state index contributed by atoms with van der Waals surface area (Å²) in [6.45, 7) is 0.737. The monoisotopic (exact) mass is 448 g/mol. The first-order chi connectivity index (χ1) is 14.1. The van der Waals surface area contributed by atoms with Gasteiger partial charge in [-0.05, 0) is 36.4 Å². The Morgan fingerprint density at radius 2 is 2.00 bits per heavy atom. The lowest BCUT2D eigenvalue weighted by Crippen LogP contribution is -2.33. The second-order valence-electron chi connectivity index (χ2n) is 6.59. The van der Waals surface area contributed by atoms with Gasteiger partial charge in [0.25, 0.3) is 0 Å². The minimum absolute atomic E-state index is 0.190. The maximum Gasteiger partial charge on any atom is 0.221 e. The van der Waals surface area contributed by atoms with Crippen molar-refractivity contribution in [1.82, 2.24) is 0 Å². The van der Waals surface area contributed by atoms with Gasteiger partial charge in [-0.2, -0.15) is 0 Å². The smallest absolute Gasteiger partial charge is 0.221 e. The number of hydrogen-bond donors (Lipinski definition) is 0. The Hall–Kier alpha value is -3.18. The molecule has 4 rings (SSSR count). The van der Waals surface area contributed by atoms with Crippen molar-refractivity contribution in [1.29, 1.82) is 0 Å². The van der Waals surface area contributed by atoms with Crippen LogP contribution >= 0.6 is 15.9 Å². The van der Waals surface area contributed by atoms with E-state index in [1.54, 1.807) is 19.3 Å². The van der Waals surface area contributed by atoms with E-state index >= 15 is 0 Å². The van der Waals surface area contributed by atoms with Crippen molar-refractivity contribution < 1.29 is 18.5 Å². The van der Waals surface area contributed by atoms with Gasteiger partial charge in [0, 0.05) is 27.1 Å². The van der Waals surface area contributed by atoms with Crippen LogP contribution in [0.15, 0.2) is 88.0 Å². The Labute approximate surface area is 177 Å². The molecular weight excluding hydrogens is 430 g/mol. The molecule has 2 heterocycles. The quantitative estimate of drug-likeness (QED) is 0.224. The predicted octanol–water partition coefficient (Wildman–Crippen LogP) is 5.44. The summed E-state index contributed by atoms with van der Waals surface area (Å²) in [4.78, 5) is 12.6. The topological polar surface area (TPSA) is 43.3 Å². The van der Waals surface area contributed by atoms with E-state index < -0.39 is 0 Å². The summed E-state index contributed by atoms with van der Waals surface area (Å²) in [5.74, 6) is 0.712. The van der Waals surface area contributed by atoms with Crippen LogP contribution in [0.3, 0.4) is 0 Å². The van der Waals surface area contributed by atoms with Gasteiger partial charge >= 0.3 is 0 Å². The highest BCUT2D eigenvalue weighted by Gasteiger charge is 2.13. The zero-order chi connectivity index (χ0) is 20.2. The number of carbonyl (C=O) groups is 1. The zero-order valence-electron chi connectivity index (χ0n) is 15.8. The molecule has 0 aliphatic rings. The fraction of sp³-hybridized carbons (Fsp3) is 0.0833. The fourth-order valence-electron chi connectivity index (χ4n) is 3.14. The Morgan fingerprint density at radius 1 is 1.14 bits per heavy atom. The zero-order valence-corrected chi connectivity index (χ0v) is 17.4. The van der Waals surface area contributed by atoms with Crippen molar-refractivity contribution in [2.24, 2.45) is 0 Å². The first-order valence-corrected chi connectivity index (χ1v) is 9.95. The van der Waals surface area contributed by atoms with Gasteiger partial charge in [-0.3, -0.25) is 4.79 Å². The van der Waals surface area contributed by atoms with Gasteiger partial charge in [-0.1, -0.05) is 46.3 Å². The lowest BCUT2D eigenvalue weighted by atomic mass is 10.2. The SMILES string of the molecule is COc1cccc2cc(C(=O)/C=C/c3ccc[n+](Cc4ccccc4Br)c3)oc12. The minimum Gasteiger partial charge on any atom is -0.493 e. The molecule has 2 aromatic heterocycles. The maximum absolute atomic E-state index is 12.6. The highest BCUT2D eigenvalue weighted by atomic mass is 79.9. The normalized spacial score (nSPS) is 11.2. The summed E-state index contributed by atoms with van der Waals surface area (Å²) in [6, 6.07) is 19.4. The number of ketones is 1. The summed E-state index contributed by atoms with van der Waals surface area (Å²) >= 11 is 3.58. The van der Waals surface area contributed by atoms with Crippen LogP contribution < -0.4 is 9.30 Å². The summed E-state index contributed by atoms with van der Waals surface area (Å²) in [5, 5.41) is 0.840. The lowest BCUT2D eigenvalue weighted by Gasteiger charge is -2.01. The molecule has 0 aliphatic carbocycles. The van der Waals surface area contributed by atoms with E-state index in [0.717, 1.165) is 22.0 Å². The molecule has 144 valence electrons. The van der Waals surface area contributed by atoms with E-state index in [1.165, 1.54) is 11.6 Å². The molecule has 0 saturated carbocycles. The number of fused-ring (bicyclic) bond motifs is 1. The van der Waals surface area contributed by atoms with Gasteiger partial charge in [0.15, 0.2) is 36.0 Å². The number of rotatable bonds is 6. The highest BCUT2D eigenvalue weighted by Crippen LogP contribution is 2.28. The van der Waals surface area contributed by atoms with E-state index in [1.807, 2.05) is 60.9 Å². The molecule has 4 nitrogen and oxygen atoms in total. The van der Waals surface area contributed by atoms with E-state index in [4.69, 9.17) is 9.15 Å². The van der Waals surface area contributed by atoms with E-state index in [9.17, 15) is 4.79 Å². The maximum atomic E-state index is 12.6. The number of nitrogens with zero attached hydrogens (tertiary/aromatic N) is 1. The van der Waals surface area contributed by atoms with Crippen molar-refractivity contribution in [3.8, 4) is 5.75 Å². The first-order valence-electron chi connectivity index (χ1n) is 9.15. The lowest BCUT2D eigenvalue weighted by molar-refractivity contribution is -0.688. The fourth-order valence-corrected chi connectivity index (χ4v) is 3.55. The first kappa shape index (κ1) is 19.2. The molecule has 0 saturated heterocycles. The Kier molecular flexibility index (Phi) is 5.58. The standard InChI is InChI=1S/C24H19BrNO3/c1-28-22-10-4-8-18-14-23(29-24(18)22)21(27)12-11-17-6-5-13-26(15-17)16-19-7-2-3-9-20(19)25/h2-15H,16H2,1H3/q+1/b12-11+. The number of halogens is 1. The molecule has 0 spiro atoms. The molecule has 0 bridgehead atoms. The van der Waals surface area contributed by atoms with Crippen LogP contribution in [0.2, 0.25) is 0 Å². The summed E-state index contributed by atoms with van der Waals surface area (Å²) in [6.07, 6.45) is 7.33. The Balaban J connectivity index is 1.53. The van der Waals surface area contributed by atoms with E-state index in [0.29, 0.717) is 11.3 Å². The second-order valence-corrected chi connectivity index (χ2v) is 7.44. The number of methoxy groups -OCH3 is 1. The number of aromatic nitrogens is 1. The molecule has 4 aromatic rings. The van der Waals surface area contributed by atoms with Crippen molar-refractivity contribution >= 4 is 38.8 Å². The number of carbonyl (C=O) groups excluding carboxylic acids is 1. The van der Waals surface area contributed by atoms with Crippen molar-refractivity contribution in [2.45, 2.75) is 6.54 Å². The van der Waals surface area contributed by atoms with Crippen molar-refractivity contribution in [2.75, 3.05) is 7.11 Å². The molecular formula is C24H19BrNO3+. The molecule has 0 unspecified atom stereocenters. The molecule has 5 heteroatoms. The summed E-state index contributed by atoms with van der Waals surface area (Å²) < 4.78 is 14.2. The highest BCUT2D eigenvalue weighted by molar-refractivity contribution is 9.10. The number of furan rings is 1. The summed E-state index contributed by atoms with van der Waals surface area (Å²) in [7, 11) is 1.58. The molecule has 29 heavy (non-hydrogen) atoms. The number of hydrogen-bond acceptors (Lipinski definition) is 3. The minimum atomic E-state index is -0.190. The van der Waals surface area contributed by atoms with Gasteiger partial charge in [0.05, 0.1) is 7.11 Å². The van der Waals surface area contributed by atoms with Crippen molar-refractivity contribution in [3.05, 3.63) is 100 Å². The van der Waals surface area contributed by atoms with Gasteiger partial charge in [-0.25, -0.2) is 4.57 Å². The largest absolute Gasteiger partial charge is 0.493 e. The molecule has 0 N–H and O–H groups in total. The Morgan fingerprint density at radius 3 is 2.83 bits per heavy atom. The van der Waals surface area contributed by atoms with Crippen molar-refractivity contribution in [3.63, 3.8) is 0 Å². The predicted molar refractivity (Wildman–Crippen MR) is 116 cm³/mol. The molecule has 2 aromatic carbocycles. The molecule has 0 aliphatic heterocycles. The average molecular weight is 449 g/mol. The molecule has 0 atom stereocenters. The van der Waals surface area contributed by atoms with Crippen LogP contribution in [0.5, 0.6) is 5.75 Å². The van der Waals surface area contributed by atoms with Gasteiger partial charge in [-0.15, -0.1) is 0 Å². The average Bonchev–Trinajstić information content (AvgIpc) is 3.18. The van der Waals surface area contributed by atoms with Gasteiger partial charge in [0.1, 0.15) is 0 Å². The van der Waals surface area contributed by atoms with Crippen LogP contribution in [0.4, 0.5) is 0 Å². The Bertz CT molecular complexity index is 1210. The van der Waals surface area contributed by atoms with Gasteiger partial charge in [0.2, 0.25) is 5.78 Å². The second kappa shape index (κ2) is 8.45. The third kappa shape index (κ3) is 4.30. The molecule has 0 radical (unpaired) electrons. The number of pyridine rings is 1. The third-order valence-corrected chi connectivity index (χ3v) is 5.36. The number of allylic oxidation sites excluding steroid dienone is 1. The van der Waals surface area contributed by atoms with Crippen LogP contribution in [-0.4, -0.2) is 12.9 Å². The van der Waals surface area contributed by atoms with Gasteiger partial charge < -0.3 is 9.15 Å². The molecule has 0 fully saturated rings. The third-order valence-electron chi connectivity index (χ3n) is 4.59. The number of para-hydroxylation sites is 1. The number of ether oxygens (including phenoxy) is 1. The van der Waals surface area contributed by atoms with Crippen LogP contribution in [0.25, 0.3) is 17.0 Å². The molecule has 0 amide bonds.